The molecule has 1 aromatic carbocycles. The Kier molecular flexibility index (Phi) is 3.51. The maximum atomic E-state index is 9.73. The number of rotatable bonds is 3. The molecule has 0 amide bonds. The lowest BCUT2D eigenvalue weighted by Crippen LogP contribution is -2.02. The minimum Gasteiger partial charge on any atom is -0.507 e. The van der Waals surface area contributed by atoms with Crippen LogP contribution in [-0.4, -0.2) is 10.1 Å². The number of pyridine rings is 1. The molecule has 3 nitrogen and oxygen atoms in total. The molecular formula is C15H18N2O. The van der Waals surface area contributed by atoms with E-state index < -0.39 is 0 Å². The molecule has 0 aliphatic heterocycles. The van der Waals surface area contributed by atoms with Crippen molar-refractivity contribution in [1.82, 2.24) is 4.98 Å². The van der Waals surface area contributed by atoms with Crippen LogP contribution in [0.2, 0.25) is 0 Å². The lowest BCUT2D eigenvalue weighted by atomic mass is 10.1. The van der Waals surface area contributed by atoms with Crippen molar-refractivity contribution in [2.45, 2.75) is 27.3 Å². The van der Waals surface area contributed by atoms with Gasteiger partial charge in [0.15, 0.2) is 0 Å². The summed E-state index contributed by atoms with van der Waals surface area (Å²) < 4.78 is 0. The second-order valence-corrected chi connectivity index (χ2v) is 4.57. The fourth-order valence-electron chi connectivity index (χ4n) is 2.02. The minimum absolute atomic E-state index is 0.385. The first-order valence-electron chi connectivity index (χ1n) is 6.02. The lowest BCUT2D eigenvalue weighted by molar-refractivity contribution is 0.466. The van der Waals surface area contributed by atoms with Crippen molar-refractivity contribution in [3.05, 3.63) is 52.8 Å². The highest BCUT2D eigenvalue weighted by molar-refractivity contribution is 5.48. The first kappa shape index (κ1) is 12.4. The second-order valence-electron chi connectivity index (χ2n) is 4.57. The molecule has 18 heavy (non-hydrogen) atoms. The zero-order valence-corrected chi connectivity index (χ0v) is 11.0. The number of benzene rings is 1. The number of nitrogens with one attached hydrogen (secondary N) is 1. The molecular weight excluding hydrogens is 224 g/mol. The van der Waals surface area contributed by atoms with E-state index in [-0.39, 0.29) is 0 Å². The van der Waals surface area contributed by atoms with Crippen molar-refractivity contribution in [1.29, 1.82) is 0 Å². The summed E-state index contributed by atoms with van der Waals surface area (Å²) >= 11 is 0. The summed E-state index contributed by atoms with van der Waals surface area (Å²) in [5, 5.41) is 13.1. The Morgan fingerprint density at radius 1 is 1.17 bits per heavy atom. The predicted octanol–water partition coefficient (Wildman–Crippen LogP) is 3.32. The van der Waals surface area contributed by atoms with Gasteiger partial charge in [-0.05, 0) is 49.6 Å². The van der Waals surface area contributed by atoms with Crippen LogP contribution >= 0.6 is 0 Å². The molecule has 0 saturated heterocycles. The van der Waals surface area contributed by atoms with Crippen molar-refractivity contribution in [2.24, 2.45) is 0 Å². The highest BCUT2D eigenvalue weighted by atomic mass is 16.3. The molecule has 0 aliphatic rings. The quantitative estimate of drug-likeness (QED) is 0.867. The summed E-state index contributed by atoms with van der Waals surface area (Å²) in [6.07, 6.45) is 1.79. The molecule has 0 unspecified atom stereocenters. The number of hydrogen-bond acceptors (Lipinski definition) is 3. The Morgan fingerprint density at radius 3 is 2.44 bits per heavy atom. The molecule has 0 aliphatic carbocycles. The normalized spacial score (nSPS) is 10.4. The van der Waals surface area contributed by atoms with Crippen LogP contribution in [0.3, 0.4) is 0 Å². The van der Waals surface area contributed by atoms with Crippen LogP contribution in [0, 0.1) is 20.8 Å². The van der Waals surface area contributed by atoms with Gasteiger partial charge in [0.25, 0.3) is 0 Å². The topological polar surface area (TPSA) is 45.2 Å². The highest BCUT2D eigenvalue weighted by Gasteiger charge is 2.04. The molecule has 0 saturated carbocycles. The number of hydrogen-bond donors (Lipinski definition) is 2. The maximum absolute atomic E-state index is 9.73. The molecule has 1 aromatic heterocycles. The maximum Gasteiger partial charge on any atom is 0.121 e. The van der Waals surface area contributed by atoms with Gasteiger partial charge in [-0.1, -0.05) is 12.1 Å². The molecule has 0 atom stereocenters. The first-order valence-corrected chi connectivity index (χ1v) is 6.02. The average molecular weight is 242 g/mol. The summed E-state index contributed by atoms with van der Waals surface area (Å²) in [6.45, 7) is 6.55. The average Bonchev–Trinajstić information content (AvgIpc) is 2.35. The van der Waals surface area contributed by atoms with Gasteiger partial charge in [-0.25, -0.2) is 0 Å². The molecule has 0 radical (unpaired) electrons. The van der Waals surface area contributed by atoms with Crippen molar-refractivity contribution in [3.63, 3.8) is 0 Å². The third kappa shape index (κ3) is 2.62. The molecule has 2 N–H and O–H groups in total. The number of phenolic OH excluding ortho intramolecular Hbond substituents is 1. The SMILES string of the molecule is Cc1cc(CNc2cccnc2C)cc(C)c1O. The van der Waals surface area contributed by atoms with E-state index in [4.69, 9.17) is 0 Å². The van der Waals surface area contributed by atoms with Crippen LogP contribution in [0.15, 0.2) is 30.5 Å². The Labute approximate surface area is 108 Å². The van der Waals surface area contributed by atoms with Gasteiger partial charge in [0.05, 0.1) is 11.4 Å². The minimum atomic E-state index is 0.385. The smallest absolute Gasteiger partial charge is 0.121 e. The van der Waals surface area contributed by atoms with E-state index >= 15 is 0 Å². The van der Waals surface area contributed by atoms with Crippen LogP contribution in [0.4, 0.5) is 5.69 Å². The van der Waals surface area contributed by atoms with Gasteiger partial charge in [0, 0.05) is 12.7 Å². The number of aromatic hydroxyl groups is 1. The van der Waals surface area contributed by atoms with Crippen LogP contribution in [-0.2, 0) is 6.54 Å². The fraction of sp³-hybridized carbons (Fsp3) is 0.267. The first-order chi connectivity index (χ1) is 8.58. The summed E-state index contributed by atoms with van der Waals surface area (Å²) in [5.41, 5.74) is 5.01. The molecule has 94 valence electrons. The molecule has 0 fully saturated rings. The molecule has 1 heterocycles. The Morgan fingerprint density at radius 2 is 1.83 bits per heavy atom. The van der Waals surface area contributed by atoms with Crippen LogP contribution in [0.5, 0.6) is 5.75 Å². The fourth-order valence-corrected chi connectivity index (χ4v) is 2.02. The summed E-state index contributed by atoms with van der Waals surface area (Å²) in [7, 11) is 0. The molecule has 0 bridgehead atoms. The van der Waals surface area contributed by atoms with E-state index in [1.54, 1.807) is 6.20 Å². The van der Waals surface area contributed by atoms with Crippen molar-refractivity contribution in [3.8, 4) is 5.75 Å². The molecule has 0 spiro atoms. The standard InChI is InChI=1S/C15H18N2O/c1-10-7-13(8-11(2)15(10)18)9-17-14-5-4-6-16-12(14)3/h4-8,17-18H,9H2,1-3H3. The lowest BCUT2D eigenvalue weighted by Gasteiger charge is -2.11. The van der Waals surface area contributed by atoms with Gasteiger partial charge >= 0.3 is 0 Å². The third-order valence-electron chi connectivity index (χ3n) is 3.04. The Balaban J connectivity index is 2.14. The summed E-state index contributed by atoms with van der Waals surface area (Å²) in [6, 6.07) is 7.94. The van der Waals surface area contributed by atoms with Gasteiger partial charge < -0.3 is 10.4 Å². The van der Waals surface area contributed by atoms with Gasteiger partial charge in [-0.15, -0.1) is 0 Å². The van der Waals surface area contributed by atoms with Crippen LogP contribution in [0.25, 0.3) is 0 Å². The van der Waals surface area contributed by atoms with Crippen molar-refractivity contribution >= 4 is 5.69 Å². The van der Waals surface area contributed by atoms with Crippen molar-refractivity contribution < 1.29 is 5.11 Å². The molecule has 3 heteroatoms. The van der Waals surface area contributed by atoms with Crippen LogP contribution in [0.1, 0.15) is 22.4 Å². The molecule has 2 rings (SSSR count). The van der Waals surface area contributed by atoms with Gasteiger partial charge in [0.1, 0.15) is 5.75 Å². The van der Waals surface area contributed by atoms with Gasteiger partial charge in [-0.3, -0.25) is 4.98 Å². The number of nitrogens with zero attached hydrogens (tertiary/aromatic N) is 1. The van der Waals surface area contributed by atoms with E-state index in [9.17, 15) is 5.11 Å². The van der Waals surface area contributed by atoms with Gasteiger partial charge in [-0.2, -0.15) is 0 Å². The Hall–Kier alpha value is -2.03. The number of aryl methyl sites for hydroxylation is 3. The Bertz CT molecular complexity index is 541. The monoisotopic (exact) mass is 242 g/mol. The zero-order chi connectivity index (χ0) is 13.1. The van der Waals surface area contributed by atoms with Gasteiger partial charge in [0.2, 0.25) is 0 Å². The van der Waals surface area contributed by atoms with E-state index in [0.29, 0.717) is 5.75 Å². The van der Waals surface area contributed by atoms with E-state index in [2.05, 4.69) is 10.3 Å². The zero-order valence-electron chi connectivity index (χ0n) is 11.0. The van der Waals surface area contributed by atoms with Crippen LogP contribution < -0.4 is 5.32 Å². The van der Waals surface area contributed by atoms with E-state index in [1.807, 2.05) is 45.0 Å². The number of aromatic nitrogens is 1. The van der Waals surface area contributed by atoms with E-state index in [1.165, 1.54) is 0 Å². The summed E-state index contributed by atoms with van der Waals surface area (Å²) in [5.74, 6) is 0.385. The van der Waals surface area contributed by atoms with Crippen molar-refractivity contribution in [2.75, 3.05) is 5.32 Å². The second kappa shape index (κ2) is 5.08. The number of phenols is 1. The van der Waals surface area contributed by atoms with E-state index in [0.717, 1.165) is 34.6 Å². The molecule has 2 aromatic rings. The number of anilines is 1. The highest BCUT2D eigenvalue weighted by Crippen LogP contribution is 2.23. The largest absolute Gasteiger partial charge is 0.507 e. The summed E-state index contributed by atoms with van der Waals surface area (Å²) in [4.78, 5) is 4.24. The third-order valence-corrected chi connectivity index (χ3v) is 3.04. The predicted molar refractivity (Wildman–Crippen MR) is 73.9 cm³/mol.